The second kappa shape index (κ2) is 10.0. The molecule has 0 saturated carbocycles. The van der Waals surface area contributed by atoms with E-state index in [9.17, 15) is 0 Å². The Morgan fingerprint density at radius 3 is 2.28 bits per heavy atom. The zero-order chi connectivity index (χ0) is 24.6. The van der Waals surface area contributed by atoms with Crippen LogP contribution < -0.4 is 4.90 Å². The molecule has 6 rings (SSSR count). The summed E-state index contributed by atoms with van der Waals surface area (Å²) >= 11 is 13.7. The van der Waals surface area contributed by atoms with Gasteiger partial charge in [0.2, 0.25) is 0 Å². The Bertz CT molecular complexity index is 1330. The number of nitrogens with one attached hydrogen (secondary N) is 1. The van der Waals surface area contributed by atoms with Crippen LogP contribution in [-0.2, 0) is 0 Å². The molecule has 0 amide bonds. The Labute approximate surface area is 221 Å². The van der Waals surface area contributed by atoms with Gasteiger partial charge in [-0.25, -0.2) is 9.97 Å². The van der Waals surface area contributed by atoms with E-state index in [1.807, 2.05) is 36.5 Å². The van der Waals surface area contributed by atoms with Gasteiger partial charge in [0.05, 0.1) is 27.6 Å². The second-order valence-electron chi connectivity index (χ2n) is 9.87. The number of nitrogens with zero attached hydrogens (tertiary/aromatic N) is 5. The minimum atomic E-state index is 0.657. The van der Waals surface area contributed by atoms with Crippen LogP contribution in [0.25, 0.3) is 33.5 Å². The molecule has 186 valence electrons. The van der Waals surface area contributed by atoms with Crippen LogP contribution in [-0.4, -0.2) is 77.1 Å². The molecule has 0 aliphatic carbocycles. The molecule has 2 aliphatic rings. The van der Waals surface area contributed by atoms with Crippen LogP contribution in [0.5, 0.6) is 0 Å². The van der Waals surface area contributed by atoms with Crippen molar-refractivity contribution in [2.75, 3.05) is 51.2 Å². The van der Waals surface area contributed by atoms with Gasteiger partial charge in [0, 0.05) is 49.5 Å². The van der Waals surface area contributed by atoms with Gasteiger partial charge in [-0.3, -0.25) is 4.90 Å². The van der Waals surface area contributed by atoms with Gasteiger partial charge < -0.3 is 14.8 Å². The topological polar surface area (TPSA) is 51.3 Å². The van der Waals surface area contributed by atoms with E-state index < -0.39 is 0 Å². The standard InChI is InChI=1S/C28H30Cl2N6/c1-34-9-7-21(8-10-34)35-11-13-36(14-12-35)27-23(29)15-20(16-24(27)30)25-18-32-28-26(33-25)22(17-31-28)19-5-3-2-4-6-19/h2-6,15-18,21H,7-14H2,1H3,(H,31,32). The second-order valence-corrected chi connectivity index (χ2v) is 10.7. The van der Waals surface area contributed by atoms with Crippen molar-refractivity contribution < 1.29 is 0 Å². The molecule has 2 aromatic heterocycles. The highest BCUT2D eigenvalue weighted by Crippen LogP contribution is 2.39. The maximum atomic E-state index is 6.84. The van der Waals surface area contributed by atoms with E-state index in [0.29, 0.717) is 16.1 Å². The highest BCUT2D eigenvalue weighted by Gasteiger charge is 2.28. The number of piperidine rings is 1. The Morgan fingerprint density at radius 1 is 0.889 bits per heavy atom. The van der Waals surface area contributed by atoms with Gasteiger partial charge in [-0.2, -0.15) is 0 Å². The fourth-order valence-corrected chi connectivity index (χ4v) is 6.28. The molecule has 0 atom stereocenters. The van der Waals surface area contributed by atoms with Gasteiger partial charge >= 0.3 is 0 Å². The SMILES string of the molecule is CN1CCC(N2CCN(c3c(Cl)cc(-c4cnc5[nH]cc(-c6ccccc6)c5n4)cc3Cl)CC2)CC1. The summed E-state index contributed by atoms with van der Waals surface area (Å²) < 4.78 is 0. The maximum absolute atomic E-state index is 6.84. The Hall–Kier alpha value is -2.64. The summed E-state index contributed by atoms with van der Waals surface area (Å²) in [6, 6.07) is 14.8. The van der Waals surface area contributed by atoms with Crippen molar-refractivity contribution in [3.05, 3.63) is 64.9 Å². The molecular weight excluding hydrogens is 491 g/mol. The molecule has 0 unspecified atom stereocenters. The molecule has 4 heterocycles. The van der Waals surface area contributed by atoms with E-state index in [0.717, 1.165) is 65.4 Å². The number of aromatic amines is 1. The Morgan fingerprint density at radius 2 is 1.58 bits per heavy atom. The monoisotopic (exact) mass is 520 g/mol. The number of aromatic nitrogens is 3. The zero-order valence-electron chi connectivity index (χ0n) is 20.4. The van der Waals surface area contributed by atoms with Crippen LogP contribution in [0.4, 0.5) is 5.69 Å². The van der Waals surface area contributed by atoms with E-state index in [1.54, 1.807) is 6.20 Å². The lowest BCUT2D eigenvalue weighted by Crippen LogP contribution is -2.53. The molecular formula is C28H30Cl2N6. The van der Waals surface area contributed by atoms with Crippen molar-refractivity contribution in [3.8, 4) is 22.4 Å². The average molecular weight is 521 g/mol. The third kappa shape index (κ3) is 4.59. The number of benzene rings is 2. The third-order valence-corrected chi connectivity index (χ3v) is 8.19. The normalized spacial score (nSPS) is 18.2. The van der Waals surface area contributed by atoms with Crippen molar-refractivity contribution in [1.82, 2.24) is 24.8 Å². The number of halogens is 2. The van der Waals surface area contributed by atoms with E-state index >= 15 is 0 Å². The summed E-state index contributed by atoms with van der Waals surface area (Å²) in [6.07, 6.45) is 6.24. The van der Waals surface area contributed by atoms with Crippen LogP contribution in [0.15, 0.2) is 54.9 Å². The number of anilines is 1. The minimum Gasteiger partial charge on any atom is -0.367 e. The van der Waals surface area contributed by atoms with Crippen molar-refractivity contribution in [3.63, 3.8) is 0 Å². The number of hydrogen-bond donors (Lipinski definition) is 1. The molecule has 0 radical (unpaired) electrons. The lowest BCUT2D eigenvalue weighted by Gasteiger charge is -2.43. The number of piperazine rings is 1. The van der Waals surface area contributed by atoms with Crippen LogP contribution in [0.2, 0.25) is 10.0 Å². The van der Waals surface area contributed by atoms with Gasteiger partial charge in [-0.15, -0.1) is 0 Å². The highest BCUT2D eigenvalue weighted by molar-refractivity contribution is 6.39. The summed E-state index contributed by atoms with van der Waals surface area (Å²) in [5, 5.41) is 1.31. The predicted octanol–water partition coefficient (Wildman–Crippen LogP) is 5.81. The molecule has 2 saturated heterocycles. The first-order chi connectivity index (χ1) is 17.6. The quantitative estimate of drug-likeness (QED) is 0.367. The van der Waals surface area contributed by atoms with Gasteiger partial charge in [0.25, 0.3) is 0 Å². The fraction of sp³-hybridized carbons (Fsp3) is 0.357. The number of rotatable bonds is 4. The van der Waals surface area contributed by atoms with E-state index in [4.69, 9.17) is 28.2 Å². The first-order valence-electron chi connectivity index (χ1n) is 12.6. The Balaban J connectivity index is 1.23. The number of likely N-dealkylation sites (tertiary alicyclic amines) is 1. The number of H-pyrrole nitrogens is 1. The van der Waals surface area contributed by atoms with E-state index in [-0.39, 0.29) is 0 Å². The van der Waals surface area contributed by atoms with Crippen molar-refractivity contribution >= 4 is 40.1 Å². The van der Waals surface area contributed by atoms with Gasteiger partial charge in [-0.05, 0) is 50.7 Å². The first-order valence-corrected chi connectivity index (χ1v) is 13.4. The van der Waals surface area contributed by atoms with Crippen molar-refractivity contribution in [2.24, 2.45) is 0 Å². The molecule has 4 aromatic rings. The molecule has 0 bridgehead atoms. The lowest BCUT2D eigenvalue weighted by atomic mass is 10.0. The van der Waals surface area contributed by atoms with E-state index in [2.05, 4.69) is 43.8 Å². The highest BCUT2D eigenvalue weighted by atomic mass is 35.5. The minimum absolute atomic E-state index is 0.657. The summed E-state index contributed by atoms with van der Waals surface area (Å²) in [7, 11) is 2.21. The molecule has 1 N–H and O–H groups in total. The third-order valence-electron chi connectivity index (χ3n) is 7.61. The molecule has 2 aromatic carbocycles. The van der Waals surface area contributed by atoms with Crippen LogP contribution in [0.3, 0.4) is 0 Å². The summed E-state index contributed by atoms with van der Waals surface area (Å²) in [5.41, 5.74) is 6.26. The molecule has 2 fully saturated rings. The molecule has 6 nitrogen and oxygen atoms in total. The van der Waals surface area contributed by atoms with Crippen molar-refractivity contribution in [2.45, 2.75) is 18.9 Å². The van der Waals surface area contributed by atoms with Crippen LogP contribution >= 0.6 is 23.2 Å². The average Bonchev–Trinajstić information content (AvgIpc) is 3.33. The molecule has 36 heavy (non-hydrogen) atoms. The smallest absolute Gasteiger partial charge is 0.156 e. The maximum Gasteiger partial charge on any atom is 0.156 e. The van der Waals surface area contributed by atoms with Crippen LogP contribution in [0, 0.1) is 0 Å². The molecule has 2 aliphatic heterocycles. The predicted molar refractivity (Wildman–Crippen MR) is 149 cm³/mol. The van der Waals surface area contributed by atoms with Crippen LogP contribution in [0.1, 0.15) is 12.8 Å². The Kier molecular flexibility index (Phi) is 6.61. The zero-order valence-corrected chi connectivity index (χ0v) is 21.9. The van der Waals surface area contributed by atoms with Gasteiger partial charge in [0.15, 0.2) is 5.65 Å². The molecule has 8 heteroatoms. The van der Waals surface area contributed by atoms with Crippen molar-refractivity contribution in [1.29, 1.82) is 0 Å². The number of hydrogen-bond acceptors (Lipinski definition) is 5. The first kappa shape index (κ1) is 23.7. The lowest BCUT2D eigenvalue weighted by molar-refractivity contribution is 0.115. The summed E-state index contributed by atoms with van der Waals surface area (Å²) in [6.45, 7) is 6.32. The molecule has 0 spiro atoms. The van der Waals surface area contributed by atoms with Gasteiger partial charge in [0.1, 0.15) is 5.52 Å². The fourth-order valence-electron chi connectivity index (χ4n) is 5.55. The van der Waals surface area contributed by atoms with Gasteiger partial charge in [-0.1, -0.05) is 53.5 Å². The largest absolute Gasteiger partial charge is 0.367 e. The number of fused-ring (bicyclic) bond motifs is 1. The summed E-state index contributed by atoms with van der Waals surface area (Å²) in [5.74, 6) is 0. The summed E-state index contributed by atoms with van der Waals surface area (Å²) in [4.78, 5) is 20.2. The van der Waals surface area contributed by atoms with E-state index in [1.165, 1.54) is 25.9 Å².